The highest BCUT2D eigenvalue weighted by Gasteiger charge is 2.25. The molecule has 1 heterocycles. The van der Waals surface area contributed by atoms with Crippen molar-refractivity contribution >= 4 is 5.91 Å². The van der Waals surface area contributed by atoms with Gasteiger partial charge in [0.1, 0.15) is 6.04 Å². The van der Waals surface area contributed by atoms with Crippen molar-refractivity contribution in [1.29, 1.82) is 0 Å². The van der Waals surface area contributed by atoms with Gasteiger partial charge in [-0.2, -0.15) is 0 Å². The molecule has 0 saturated carbocycles. The van der Waals surface area contributed by atoms with E-state index in [-0.39, 0.29) is 11.9 Å². The van der Waals surface area contributed by atoms with Gasteiger partial charge in [-0.3, -0.25) is 4.79 Å². The quantitative estimate of drug-likeness (QED) is 0.747. The maximum Gasteiger partial charge on any atom is 0.241 e. The van der Waals surface area contributed by atoms with E-state index in [1.54, 1.807) is 0 Å². The molecule has 1 fully saturated rings. The highest BCUT2D eigenvalue weighted by atomic mass is 16.2. The number of carbonyl (C=O) groups excluding carboxylic acids is 1. The Hall–Kier alpha value is -1.35. The summed E-state index contributed by atoms with van der Waals surface area (Å²) < 4.78 is 0. The van der Waals surface area contributed by atoms with Crippen LogP contribution in [0.4, 0.5) is 0 Å². The van der Waals surface area contributed by atoms with Gasteiger partial charge < -0.3 is 10.6 Å². The molecule has 1 aliphatic heterocycles. The zero-order valence-corrected chi connectivity index (χ0v) is 10.1. The van der Waals surface area contributed by atoms with E-state index >= 15 is 0 Å². The lowest BCUT2D eigenvalue weighted by Gasteiger charge is -2.26. The first-order valence-corrected chi connectivity index (χ1v) is 5.68. The fourth-order valence-electron chi connectivity index (χ4n) is 2.48. The summed E-state index contributed by atoms with van der Waals surface area (Å²) in [6.07, 6.45) is 0. The van der Waals surface area contributed by atoms with E-state index < -0.39 is 0 Å². The van der Waals surface area contributed by atoms with E-state index in [0.29, 0.717) is 0 Å². The first-order chi connectivity index (χ1) is 7.59. The molecule has 0 aromatic heterocycles. The van der Waals surface area contributed by atoms with E-state index in [4.69, 9.17) is 0 Å². The number of piperazine rings is 1. The van der Waals surface area contributed by atoms with Crippen LogP contribution in [0, 0.1) is 20.8 Å². The first-order valence-electron chi connectivity index (χ1n) is 5.68. The molecule has 3 heteroatoms. The topological polar surface area (TPSA) is 41.1 Å². The molecular weight excluding hydrogens is 200 g/mol. The standard InChI is InChI=1S/C13H18N2O/c1-8-6-9(2)11(10(3)7-8)12-13(16)15-5-4-14-12/h6-7,12,14H,4-5H2,1-3H3,(H,15,16)/t12-/m0/s1. The fraction of sp³-hybridized carbons (Fsp3) is 0.462. The van der Waals surface area contributed by atoms with Crippen molar-refractivity contribution in [3.8, 4) is 0 Å². The summed E-state index contributed by atoms with van der Waals surface area (Å²) >= 11 is 0. The van der Waals surface area contributed by atoms with Crippen LogP contribution < -0.4 is 10.6 Å². The largest absolute Gasteiger partial charge is 0.353 e. The van der Waals surface area contributed by atoms with Gasteiger partial charge in [0, 0.05) is 13.1 Å². The Morgan fingerprint density at radius 3 is 2.31 bits per heavy atom. The summed E-state index contributed by atoms with van der Waals surface area (Å²) in [6.45, 7) is 7.78. The van der Waals surface area contributed by atoms with Crippen LogP contribution >= 0.6 is 0 Å². The molecule has 0 aliphatic carbocycles. The minimum atomic E-state index is -0.186. The molecule has 2 N–H and O–H groups in total. The highest BCUT2D eigenvalue weighted by Crippen LogP contribution is 2.24. The van der Waals surface area contributed by atoms with E-state index in [1.807, 2.05) is 0 Å². The van der Waals surface area contributed by atoms with Crippen molar-refractivity contribution in [2.75, 3.05) is 13.1 Å². The van der Waals surface area contributed by atoms with Crippen LogP contribution in [0.2, 0.25) is 0 Å². The molecule has 1 aliphatic rings. The molecule has 1 atom stereocenters. The van der Waals surface area contributed by atoms with Crippen LogP contribution in [0.3, 0.4) is 0 Å². The average Bonchev–Trinajstić information content (AvgIpc) is 2.19. The van der Waals surface area contributed by atoms with Gasteiger partial charge in [-0.05, 0) is 37.5 Å². The second-order valence-electron chi connectivity index (χ2n) is 4.49. The van der Waals surface area contributed by atoms with E-state index in [1.165, 1.54) is 16.7 Å². The first kappa shape index (κ1) is 11.1. The smallest absolute Gasteiger partial charge is 0.241 e. The number of rotatable bonds is 1. The third-order valence-electron chi connectivity index (χ3n) is 3.06. The molecule has 16 heavy (non-hydrogen) atoms. The third-order valence-corrected chi connectivity index (χ3v) is 3.06. The SMILES string of the molecule is Cc1cc(C)c([C@@H]2NCCNC2=O)c(C)c1. The molecule has 1 saturated heterocycles. The summed E-state index contributed by atoms with van der Waals surface area (Å²) in [5.41, 5.74) is 4.75. The maximum absolute atomic E-state index is 11.8. The van der Waals surface area contributed by atoms with E-state index in [0.717, 1.165) is 18.7 Å². The van der Waals surface area contributed by atoms with Gasteiger partial charge in [-0.1, -0.05) is 17.7 Å². The lowest BCUT2D eigenvalue weighted by atomic mass is 9.93. The van der Waals surface area contributed by atoms with Crippen molar-refractivity contribution in [3.63, 3.8) is 0 Å². The fourth-order valence-corrected chi connectivity index (χ4v) is 2.48. The Morgan fingerprint density at radius 1 is 1.12 bits per heavy atom. The van der Waals surface area contributed by atoms with Crippen molar-refractivity contribution in [1.82, 2.24) is 10.6 Å². The number of hydrogen-bond acceptors (Lipinski definition) is 2. The van der Waals surface area contributed by atoms with Crippen LogP contribution in [-0.4, -0.2) is 19.0 Å². The zero-order valence-electron chi connectivity index (χ0n) is 10.1. The number of nitrogens with one attached hydrogen (secondary N) is 2. The van der Waals surface area contributed by atoms with E-state index in [9.17, 15) is 4.79 Å². The molecule has 1 amide bonds. The van der Waals surface area contributed by atoms with Gasteiger partial charge in [-0.25, -0.2) is 0 Å². The minimum Gasteiger partial charge on any atom is -0.353 e. The van der Waals surface area contributed by atoms with Crippen molar-refractivity contribution in [2.45, 2.75) is 26.8 Å². The lowest BCUT2D eigenvalue weighted by Crippen LogP contribution is -2.47. The molecule has 1 aromatic rings. The molecule has 0 spiro atoms. The van der Waals surface area contributed by atoms with Crippen LogP contribution in [0.25, 0.3) is 0 Å². The van der Waals surface area contributed by atoms with Gasteiger partial charge in [0.25, 0.3) is 0 Å². The predicted molar refractivity (Wildman–Crippen MR) is 64.4 cm³/mol. The number of carbonyl (C=O) groups is 1. The van der Waals surface area contributed by atoms with Gasteiger partial charge in [0.05, 0.1) is 0 Å². The van der Waals surface area contributed by atoms with Gasteiger partial charge >= 0.3 is 0 Å². The second kappa shape index (κ2) is 4.26. The minimum absolute atomic E-state index is 0.0845. The Kier molecular flexibility index (Phi) is 2.97. The van der Waals surface area contributed by atoms with Crippen LogP contribution in [-0.2, 0) is 4.79 Å². The monoisotopic (exact) mass is 218 g/mol. The Labute approximate surface area is 96.2 Å². The lowest BCUT2D eigenvalue weighted by molar-refractivity contribution is -0.124. The predicted octanol–water partition coefficient (Wildman–Crippen LogP) is 1.37. The molecule has 1 aromatic carbocycles. The van der Waals surface area contributed by atoms with Crippen molar-refractivity contribution in [2.24, 2.45) is 0 Å². The van der Waals surface area contributed by atoms with E-state index in [2.05, 4.69) is 43.5 Å². The van der Waals surface area contributed by atoms with Crippen LogP contribution in [0.5, 0.6) is 0 Å². The molecule has 0 radical (unpaired) electrons. The second-order valence-corrected chi connectivity index (χ2v) is 4.49. The maximum atomic E-state index is 11.8. The Balaban J connectivity index is 2.42. The normalized spacial score (nSPS) is 20.7. The number of aryl methyl sites for hydroxylation is 3. The molecule has 2 rings (SSSR count). The number of benzene rings is 1. The molecule has 0 unspecified atom stereocenters. The summed E-state index contributed by atoms with van der Waals surface area (Å²) in [7, 11) is 0. The third kappa shape index (κ3) is 1.95. The summed E-state index contributed by atoms with van der Waals surface area (Å²) in [5, 5.41) is 6.17. The highest BCUT2D eigenvalue weighted by molar-refractivity contribution is 5.84. The van der Waals surface area contributed by atoms with Gasteiger partial charge in [0.15, 0.2) is 0 Å². The molecular formula is C13H18N2O. The summed E-state index contributed by atoms with van der Waals surface area (Å²) in [5.74, 6) is 0.0845. The van der Waals surface area contributed by atoms with Gasteiger partial charge in [-0.15, -0.1) is 0 Å². The van der Waals surface area contributed by atoms with Gasteiger partial charge in [0.2, 0.25) is 5.91 Å². The van der Waals surface area contributed by atoms with Crippen LogP contribution in [0.1, 0.15) is 28.3 Å². The van der Waals surface area contributed by atoms with Crippen molar-refractivity contribution in [3.05, 3.63) is 34.4 Å². The molecule has 86 valence electrons. The number of hydrogen-bond donors (Lipinski definition) is 2. The summed E-state index contributed by atoms with van der Waals surface area (Å²) in [6, 6.07) is 4.08. The van der Waals surface area contributed by atoms with Crippen LogP contribution in [0.15, 0.2) is 12.1 Å². The Bertz CT molecular complexity index is 403. The zero-order chi connectivity index (χ0) is 11.7. The van der Waals surface area contributed by atoms with Crippen molar-refractivity contribution < 1.29 is 4.79 Å². The summed E-state index contributed by atoms with van der Waals surface area (Å²) in [4.78, 5) is 11.8. The molecule has 3 nitrogen and oxygen atoms in total. The Morgan fingerprint density at radius 2 is 1.75 bits per heavy atom. The average molecular weight is 218 g/mol. The number of amides is 1. The molecule has 0 bridgehead atoms.